The van der Waals surface area contributed by atoms with Gasteiger partial charge in [-0.05, 0) is 6.92 Å². The summed E-state index contributed by atoms with van der Waals surface area (Å²) in [7, 11) is 0. The van der Waals surface area contributed by atoms with Crippen molar-refractivity contribution in [3.8, 4) is 11.4 Å². The summed E-state index contributed by atoms with van der Waals surface area (Å²) in [5.74, 6) is 0.968. The fourth-order valence-electron chi connectivity index (χ4n) is 1.90. The Morgan fingerprint density at radius 1 is 1.00 bits per heavy atom. The molecule has 16 heavy (non-hydrogen) atoms. The van der Waals surface area contributed by atoms with Crippen LogP contribution in [0.25, 0.3) is 16.9 Å². The van der Waals surface area contributed by atoms with Gasteiger partial charge in [-0.1, -0.05) is 30.3 Å². The van der Waals surface area contributed by atoms with E-state index in [-0.39, 0.29) is 0 Å². The van der Waals surface area contributed by atoms with E-state index < -0.39 is 0 Å². The topological polar surface area (TPSA) is 30.2 Å². The number of nitrogens with zero attached hydrogens (tertiary/aromatic N) is 3. The van der Waals surface area contributed by atoms with Crippen LogP contribution < -0.4 is 0 Å². The minimum Gasteiger partial charge on any atom is -0.294 e. The summed E-state index contributed by atoms with van der Waals surface area (Å²) in [6.07, 6.45) is 5.52. The molecule has 2 heterocycles. The zero-order valence-corrected chi connectivity index (χ0v) is 8.96. The maximum atomic E-state index is 4.45. The third kappa shape index (κ3) is 1.29. The lowest BCUT2D eigenvalue weighted by Crippen LogP contribution is -1.94. The standard InChI is InChI=1S/C13H11N3/c1-10-7-14-8-12-9-15-13(16(10)12)11-5-3-2-4-6-11/h2-9H,1H3. The van der Waals surface area contributed by atoms with Crippen molar-refractivity contribution in [2.24, 2.45) is 0 Å². The van der Waals surface area contributed by atoms with E-state index in [0.717, 1.165) is 22.6 Å². The summed E-state index contributed by atoms with van der Waals surface area (Å²) in [6, 6.07) is 10.2. The van der Waals surface area contributed by atoms with E-state index in [4.69, 9.17) is 0 Å². The van der Waals surface area contributed by atoms with Gasteiger partial charge in [-0.15, -0.1) is 0 Å². The number of rotatable bonds is 1. The Morgan fingerprint density at radius 2 is 1.81 bits per heavy atom. The lowest BCUT2D eigenvalue weighted by atomic mass is 10.2. The molecule has 78 valence electrons. The van der Waals surface area contributed by atoms with Gasteiger partial charge in [-0.3, -0.25) is 9.38 Å². The highest BCUT2D eigenvalue weighted by Gasteiger charge is 2.07. The SMILES string of the molecule is Cc1cncc2cnc(-c3ccccc3)n12. The molecule has 0 radical (unpaired) electrons. The van der Waals surface area contributed by atoms with Crippen LogP contribution in [0.2, 0.25) is 0 Å². The van der Waals surface area contributed by atoms with Crippen molar-refractivity contribution in [1.82, 2.24) is 14.4 Å². The Bertz CT molecular complexity index is 626. The van der Waals surface area contributed by atoms with E-state index >= 15 is 0 Å². The van der Waals surface area contributed by atoms with Gasteiger partial charge in [0.25, 0.3) is 0 Å². The van der Waals surface area contributed by atoms with Crippen molar-refractivity contribution in [3.63, 3.8) is 0 Å². The van der Waals surface area contributed by atoms with Crippen LogP contribution in [0.5, 0.6) is 0 Å². The predicted molar refractivity (Wildman–Crippen MR) is 63.2 cm³/mol. The molecule has 0 saturated heterocycles. The van der Waals surface area contributed by atoms with Crippen LogP contribution in [0.3, 0.4) is 0 Å². The first-order valence-electron chi connectivity index (χ1n) is 5.20. The van der Waals surface area contributed by atoms with E-state index in [2.05, 4.69) is 26.5 Å². The quantitative estimate of drug-likeness (QED) is 0.616. The van der Waals surface area contributed by atoms with Crippen LogP contribution in [0, 0.1) is 6.92 Å². The molecule has 0 fully saturated rings. The largest absolute Gasteiger partial charge is 0.294 e. The Balaban J connectivity index is 2.33. The highest BCUT2D eigenvalue weighted by Crippen LogP contribution is 2.20. The van der Waals surface area contributed by atoms with Gasteiger partial charge in [0.05, 0.1) is 17.9 Å². The highest BCUT2D eigenvalue weighted by molar-refractivity contribution is 5.62. The van der Waals surface area contributed by atoms with E-state index in [1.807, 2.05) is 43.7 Å². The molecule has 0 aliphatic rings. The molecule has 0 spiro atoms. The second-order valence-corrected chi connectivity index (χ2v) is 3.76. The molecule has 1 aromatic carbocycles. The Labute approximate surface area is 93.4 Å². The molecular weight excluding hydrogens is 198 g/mol. The van der Waals surface area contributed by atoms with Crippen molar-refractivity contribution >= 4 is 5.52 Å². The molecule has 0 saturated carbocycles. The number of aryl methyl sites for hydroxylation is 1. The average Bonchev–Trinajstić information content (AvgIpc) is 2.75. The van der Waals surface area contributed by atoms with Crippen molar-refractivity contribution in [3.05, 3.63) is 54.6 Å². The highest BCUT2D eigenvalue weighted by atomic mass is 15.0. The number of benzene rings is 1. The molecule has 3 heteroatoms. The van der Waals surface area contributed by atoms with Gasteiger partial charge in [-0.25, -0.2) is 4.98 Å². The van der Waals surface area contributed by atoms with Crippen LogP contribution in [-0.2, 0) is 0 Å². The fraction of sp³-hybridized carbons (Fsp3) is 0.0769. The third-order valence-corrected chi connectivity index (χ3v) is 2.64. The third-order valence-electron chi connectivity index (χ3n) is 2.64. The van der Waals surface area contributed by atoms with Crippen molar-refractivity contribution < 1.29 is 0 Å². The number of hydrogen-bond donors (Lipinski definition) is 0. The number of imidazole rings is 1. The normalized spacial score (nSPS) is 10.8. The molecule has 3 rings (SSSR count). The number of hydrogen-bond acceptors (Lipinski definition) is 2. The summed E-state index contributed by atoms with van der Waals surface area (Å²) >= 11 is 0. The van der Waals surface area contributed by atoms with Gasteiger partial charge in [0.1, 0.15) is 5.82 Å². The maximum absolute atomic E-state index is 4.45. The number of aromatic nitrogens is 3. The number of fused-ring (bicyclic) bond motifs is 1. The van der Waals surface area contributed by atoms with Crippen molar-refractivity contribution in [1.29, 1.82) is 0 Å². The van der Waals surface area contributed by atoms with E-state index in [1.54, 1.807) is 0 Å². The molecular formula is C13H11N3. The van der Waals surface area contributed by atoms with Gasteiger partial charge >= 0.3 is 0 Å². The Hall–Kier alpha value is -2.16. The van der Waals surface area contributed by atoms with E-state index in [1.165, 1.54) is 0 Å². The van der Waals surface area contributed by atoms with E-state index in [0.29, 0.717) is 0 Å². The van der Waals surface area contributed by atoms with Crippen LogP contribution >= 0.6 is 0 Å². The molecule has 2 aromatic heterocycles. The first-order valence-corrected chi connectivity index (χ1v) is 5.20. The summed E-state index contributed by atoms with van der Waals surface area (Å²) in [5.41, 5.74) is 3.24. The van der Waals surface area contributed by atoms with Gasteiger partial charge in [0.2, 0.25) is 0 Å². The van der Waals surface area contributed by atoms with Gasteiger partial charge < -0.3 is 0 Å². The average molecular weight is 209 g/mol. The second kappa shape index (κ2) is 3.45. The van der Waals surface area contributed by atoms with Crippen LogP contribution in [0.1, 0.15) is 5.69 Å². The molecule has 0 atom stereocenters. The Morgan fingerprint density at radius 3 is 2.62 bits per heavy atom. The zero-order valence-electron chi connectivity index (χ0n) is 8.96. The fourth-order valence-corrected chi connectivity index (χ4v) is 1.90. The molecule has 0 unspecified atom stereocenters. The van der Waals surface area contributed by atoms with Gasteiger partial charge in [0.15, 0.2) is 0 Å². The first kappa shape index (κ1) is 9.09. The van der Waals surface area contributed by atoms with Gasteiger partial charge in [-0.2, -0.15) is 0 Å². The van der Waals surface area contributed by atoms with Crippen LogP contribution in [-0.4, -0.2) is 14.4 Å². The molecule has 3 aromatic rings. The Kier molecular flexibility index (Phi) is 1.96. The molecule has 0 amide bonds. The summed E-state index contributed by atoms with van der Waals surface area (Å²) in [4.78, 5) is 8.61. The molecule has 0 aliphatic carbocycles. The zero-order chi connectivity index (χ0) is 11.0. The first-order chi connectivity index (χ1) is 7.86. The van der Waals surface area contributed by atoms with Crippen molar-refractivity contribution in [2.75, 3.05) is 0 Å². The minimum atomic E-state index is 0.968. The summed E-state index contributed by atoms with van der Waals surface area (Å²) in [6.45, 7) is 2.04. The summed E-state index contributed by atoms with van der Waals surface area (Å²) < 4.78 is 2.11. The monoisotopic (exact) mass is 209 g/mol. The molecule has 0 N–H and O–H groups in total. The minimum absolute atomic E-state index is 0.968. The smallest absolute Gasteiger partial charge is 0.144 e. The maximum Gasteiger partial charge on any atom is 0.144 e. The molecule has 0 aliphatic heterocycles. The molecule has 0 bridgehead atoms. The second-order valence-electron chi connectivity index (χ2n) is 3.76. The van der Waals surface area contributed by atoms with Crippen LogP contribution in [0.4, 0.5) is 0 Å². The van der Waals surface area contributed by atoms with E-state index in [9.17, 15) is 0 Å². The van der Waals surface area contributed by atoms with Crippen molar-refractivity contribution in [2.45, 2.75) is 6.92 Å². The lowest BCUT2D eigenvalue weighted by Gasteiger charge is -2.03. The summed E-state index contributed by atoms with van der Waals surface area (Å²) in [5, 5.41) is 0. The lowest BCUT2D eigenvalue weighted by molar-refractivity contribution is 1.05. The van der Waals surface area contributed by atoms with Crippen LogP contribution in [0.15, 0.2) is 48.9 Å². The van der Waals surface area contributed by atoms with Gasteiger partial charge in [0, 0.05) is 17.5 Å². The molecule has 3 nitrogen and oxygen atoms in total. The predicted octanol–water partition coefficient (Wildman–Crippen LogP) is 2.70.